The maximum Gasteiger partial charge on any atom is 0.335 e. The van der Waals surface area contributed by atoms with Gasteiger partial charge >= 0.3 is 5.97 Å². The Kier molecular flexibility index (Phi) is 3.14. The second-order valence-electron chi connectivity index (χ2n) is 5.47. The van der Waals surface area contributed by atoms with Crippen LogP contribution in [0.2, 0.25) is 0 Å². The number of aromatic nitrogens is 1. The number of hydrogen-bond donors (Lipinski definition) is 2. The molecule has 0 bridgehead atoms. The number of carboxylic acids is 1. The summed E-state index contributed by atoms with van der Waals surface area (Å²) in [6.07, 6.45) is 3.61. The van der Waals surface area contributed by atoms with E-state index in [9.17, 15) is 4.79 Å². The molecule has 5 heteroatoms. The quantitative estimate of drug-likeness (QED) is 0.867. The highest BCUT2D eigenvalue weighted by molar-refractivity contribution is 5.88. The third kappa shape index (κ3) is 2.42. The van der Waals surface area contributed by atoms with Crippen molar-refractivity contribution in [3.05, 3.63) is 23.4 Å². The van der Waals surface area contributed by atoms with Crippen LogP contribution in [-0.2, 0) is 0 Å². The first kappa shape index (κ1) is 12.4. The van der Waals surface area contributed by atoms with Gasteiger partial charge in [0.25, 0.3) is 0 Å². The molecule has 0 spiro atoms. The van der Waals surface area contributed by atoms with Crippen molar-refractivity contribution in [2.24, 2.45) is 0 Å². The fourth-order valence-electron chi connectivity index (χ4n) is 3.31. The summed E-state index contributed by atoms with van der Waals surface area (Å²) in [5, 5.41) is 12.5. The van der Waals surface area contributed by atoms with Crippen LogP contribution >= 0.6 is 0 Å². The van der Waals surface area contributed by atoms with Gasteiger partial charge in [0.15, 0.2) is 0 Å². The number of fused-ring (bicyclic) bond motifs is 1. The van der Waals surface area contributed by atoms with E-state index in [1.54, 1.807) is 12.1 Å². The molecule has 2 aliphatic rings. The van der Waals surface area contributed by atoms with Crippen molar-refractivity contribution in [1.29, 1.82) is 0 Å². The van der Waals surface area contributed by atoms with Gasteiger partial charge in [0, 0.05) is 24.3 Å². The molecule has 2 saturated heterocycles. The summed E-state index contributed by atoms with van der Waals surface area (Å²) < 4.78 is 0. The van der Waals surface area contributed by atoms with Gasteiger partial charge in [-0.15, -0.1) is 0 Å². The number of aryl methyl sites for hydroxylation is 1. The number of pyridine rings is 1. The van der Waals surface area contributed by atoms with Gasteiger partial charge in [-0.1, -0.05) is 0 Å². The van der Waals surface area contributed by atoms with E-state index in [1.165, 1.54) is 19.4 Å². The molecular formula is C14H19N3O2. The van der Waals surface area contributed by atoms with Crippen LogP contribution in [0.25, 0.3) is 0 Å². The van der Waals surface area contributed by atoms with Gasteiger partial charge in [0.05, 0.1) is 5.56 Å². The fraction of sp³-hybridized carbons (Fsp3) is 0.571. The minimum absolute atomic E-state index is 0.302. The number of rotatable bonds is 3. The number of carbonyl (C=O) groups is 1. The normalized spacial score (nSPS) is 26.4. The van der Waals surface area contributed by atoms with Gasteiger partial charge in [-0.3, -0.25) is 4.90 Å². The van der Waals surface area contributed by atoms with E-state index in [4.69, 9.17) is 5.11 Å². The molecule has 19 heavy (non-hydrogen) atoms. The summed E-state index contributed by atoms with van der Waals surface area (Å²) in [7, 11) is 0. The van der Waals surface area contributed by atoms with Gasteiger partial charge in [0.1, 0.15) is 5.82 Å². The molecule has 3 rings (SSSR count). The lowest BCUT2D eigenvalue weighted by Gasteiger charge is -2.22. The van der Waals surface area contributed by atoms with E-state index < -0.39 is 5.97 Å². The maximum atomic E-state index is 11.1. The zero-order valence-electron chi connectivity index (χ0n) is 11.1. The van der Waals surface area contributed by atoms with Crippen LogP contribution in [0.5, 0.6) is 0 Å². The molecule has 3 heterocycles. The lowest BCUT2D eigenvalue weighted by Crippen LogP contribution is -2.34. The molecule has 0 radical (unpaired) electrons. The second kappa shape index (κ2) is 4.81. The monoisotopic (exact) mass is 261 g/mol. The summed E-state index contributed by atoms with van der Waals surface area (Å²) in [5.74, 6) is -0.210. The minimum Gasteiger partial charge on any atom is -0.478 e. The predicted octanol–water partition coefficient (Wildman–Crippen LogP) is 1.74. The Balaban J connectivity index is 1.78. The summed E-state index contributed by atoms with van der Waals surface area (Å²) in [5.41, 5.74) is 1.04. The van der Waals surface area contributed by atoms with Crippen molar-refractivity contribution in [3.63, 3.8) is 0 Å². The fourth-order valence-corrected chi connectivity index (χ4v) is 3.31. The zero-order valence-corrected chi connectivity index (χ0v) is 11.1. The van der Waals surface area contributed by atoms with Gasteiger partial charge in [-0.25, -0.2) is 9.78 Å². The Morgan fingerprint density at radius 3 is 3.05 bits per heavy atom. The molecule has 5 nitrogen and oxygen atoms in total. The molecule has 2 atom stereocenters. The Bertz CT molecular complexity index is 503. The average molecular weight is 261 g/mol. The number of anilines is 1. The van der Waals surface area contributed by atoms with Gasteiger partial charge < -0.3 is 10.4 Å². The van der Waals surface area contributed by atoms with Crippen molar-refractivity contribution in [2.45, 2.75) is 38.3 Å². The van der Waals surface area contributed by atoms with E-state index in [-0.39, 0.29) is 0 Å². The van der Waals surface area contributed by atoms with Crippen LogP contribution in [0.1, 0.15) is 35.3 Å². The summed E-state index contributed by atoms with van der Waals surface area (Å²) in [4.78, 5) is 18.0. The topological polar surface area (TPSA) is 65.5 Å². The molecule has 0 aromatic carbocycles. The molecule has 2 aliphatic heterocycles. The molecular weight excluding hydrogens is 242 g/mol. The third-order valence-electron chi connectivity index (χ3n) is 4.14. The Morgan fingerprint density at radius 2 is 2.26 bits per heavy atom. The van der Waals surface area contributed by atoms with Crippen LogP contribution in [0, 0.1) is 6.92 Å². The number of carboxylic acid groups (broad SMARTS) is 1. The molecule has 2 unspecified atom stereocenters. The highest BCUT2D eigenvalue weighted by atomic mass is 16.4. The van der Waals surface area contributed by atoms with Crippen molar-refractivity contribution in [3.8, 4) is 0 Å². The number of aromatic carboxylic acids is 1. The largest absolute Gasteiger partial charge is 0.478 e. The van der Waals surface area contributed by atoms with Gasteiger partial charge in [0.2, 0.25) is 0 Å². The van der Waals surface area contributed by atoms with Crippen LogP contribution in [0.15, 0.2) is 12.1 Å². The minimum atomic E-state index is -0.900. The van der Waals surface area contributed by atoms with Crippen LogP contribution in [0.4, 0.5) is 5.82 Å². The first-order valence-corrected chi connectivity index (χ1v) is 6.86. The summed E-state index contributed by atoms with van der Waals surface area (Å²) in [6.45, 7) is 4.17. The first-order valence-electron chi connectivity index (χ1n) is 6.86. The molecule has 1 aromatic heterocycles. The highest BCUT2D eigenvalue weighted by Gasteiger charge is 2.37. The summed E-state index contributed by atoms with van der Waals surface area (Å²) >= 11 is 0. The van der Waals surface area contributed by atoms with Crippen LogP contribution < -0.4 is 5.32 Å². The number of hydrogen-bond acceptors (Lipinski definition) is 4. The molecule has 2 N–H and O–H groups in total. The Morgan fingerprint density at radius 1 is 1.42 bits per heavy atom. The zero-order chi connectivity index (χ0) is 13.4. The molecule has 2 fully saturated rings. The molecule has 102 valence electrons. The van der Waals surface area contributed by atoms with E-state index in [1.807, 2.05) is 6.92 Å². The van der Waals surface area contributed by atoms with E-state index in [2.05, 4.69) is 15.2 Å². The second-order valence-corrected chi connectivity index (χ2v) is 5.47. The number of nitrogens with one attached hydrogen (secondary N) is 1. The standard InChI is InChI=1S/C14H19N3O2/c1-9-7-10(14(18)19)8-13(15-9)16-11-4-6-17-5-2-3-12(11)17/h7-8,11-12H,2-6H2,1H3,(H,15,16)(H,18,19). The maximum absolute atomic E-state index is 11.1. The Labute approximate surface area is 112 Å². The molecule has 0 amide bonds. The highest BCUT2D eigenvalue weighted by Crippen LogP contribution is 2.29. The SMILES string of the molecule is Cc1cc(C(=O)O)cc(NC2CCN3CCCC23)n1. The van der Waals surface area contributed by atoms with E-state index in [0.717, 1.165) is 18.7 Å². The summed E-state index contributed by atoms with van der Waals surface area (Å²) in [6, 6.07) is 4.23. The van der Waals surface area contributed by atoms with Crippen molar-refractivity contribution in [2.75, 3.05) is 18.4 Å². The third-order valence-corrected chi connectivity index (χ3v) is 4.14. The van der Waals surface area contributed by atoms with Crippen molar-refractivity contribution >= 4 is 11.8 Å². The van der Waals surface area contributed by atoms with Gasteiger partial charge in [-0.05, 0) is 44.9 Å². The molecule has 1 aromatic rings. The first-order chi connectivity index (χ1) is 9.13. The van der Waals surface area contributed by atoms with Crippen LogP contribution in [-0.4, -0.2) is 46.1 Å². The van der Waals surface area contributed by atoms with Crippen molar-refractivity contribution < 1.29 is 9.90 Å². The van der Waals surface area contributed by atoms with Gasteiger partial charge in [-0.2, -0.15) is 0 Å². The van der Waals surface area contributed by atoms with Crippen LogP contribution in [0.3, 0.4) is 0 Å². The van der Waals surface area contributed by atoms with E-state index in [0.29, 0.717) is 23.5 Å². The lowest BCUT2D eigenvalue weighted by atomic mass is 10.1. The molecule has 0 aliphatic carbocycles. The lowest BCUT2D eigenvalue weighted by molar-refractivity contribution is 0.0696. The smallest absolute Gasteiger partial charge is 0.335 e. The predicted molar refractivity (Wildman–Crippen MR) is 72.6 cm³/mol. The average Bonchev–Trinajstić information content (AvgIpc) is 2.93. The van der Waals surface area contributed by atoms with E-state index >= 15 is 0 Å². The van der Waals surface area contributed by atoms with Crippen molar-refractivity contribution in [1.82, 2.24) is 9.88 Å². The number of nitrogens with zero attached hydrogens (tertiary/aromatic N) is 2. The Hall–Kier alpha value is -1.62. The molecule has 0 saturated carbocycles.